The van der Waals surface area contributed by atoms with Gasteiger partial charge in [0.1, 0.15) is 0 Å². The van der Waals surface area contributed by atoms with Gasteiger partial charge in [0.25, 0.3) is 0 Å². The molecule has 2 nitrogen and oxygen atoms in total. The van der Waals surface area contributed by atoms with Gasteiger partial charge in [-0.05, 0) is 43.9 Å². The second-order valence-electron chi connectivity index (χ2n) is 6.94. The first-order chi connectivity index (χ1) is 8.89. The lowest BCUT2D eigenvalue weighted by molar-refractivity contribution is 0.0986. The second-order valence-corrected chi connectivity index (χ2v) is 6.94. The van der Waals surface area contributed by atoms with Crippen molar-refractivity contribution < 1.29 is 0 Å². The highest BCUT2D eigenvalue weighted by atomic mass is 15.2. The van der Waals surface area contributed by atoms with Gasteiger partial charge in [-0.3, -0.25) is 4.90 Å². The third kappa shape index (κ3) is 3.30. The van der Waals surface area contributed by atoms with E-state index in [0.29, 0.717) is 17.5 Å². The summed E-state index contributed by atoms with van der Waals surface area (Å²) < 4.78 is 0. The molecule has 0 radical (unpaired) electrons. The summed E-state index contributed by atoms with van der Waals surface area (Å²) in [5.74, 6) is 0. The van der Waals surface area contributed by atoms with Gasteiger partial charge in [0, 0.05) is 24.3 Å². The molecular formula is C17H28N2. The molecule has 19 heavy (non-hydrogen) atoms. The minimum atomic E-state index is 0.327. The molecule has 1 heterocycles. The molecule has 2 atom stereocenters. The predicted molar refractivity (Wildman–Crippen MR) is 83.7 cm³/mol. The number of nitrogens with one attached hydrogen (secondary N) is 1. The number of likely N-dealkylation sites (N-methyl/N-ethyl adjacent to an activating group) is 1. The zero-order valence-corrected chi connectivity index (χ0v) is 13.0. The molecule has 1 N–H and O–H groups in total. The lowest BCUT2D eigenvalue weighted by atomic mass is 9.86. The summed E-state index contributed by atoms with van der Waals surface area (Å²) in [7, 11) is 2.28. The Morgan fingerprint density at radius 2 is 1.95 bits per heavy atom. The minimum Gasteiger partial charge on any atom is -0.383 e. The van der Waals surface area contributed by atoms with E-state index >= 15 is 0 Å². The summed E-state index contributed by atoms with van der Waals surface area (Å²) in [6, 6.07) is 9.90. The summed E-state index contributed by atoms with van der Waals surface area (Å²) >= 11 is 0. The van der Waals surface area contributed by atoms with Crippen LogP contribution in [0.2, 0.25) is 0 Å². The Balaban J connectivity index is 2.06. The van der Waals surface area contributed by atoms with E-state index in [1.54, 1.807) is 0 Å². The number of benzene rings is 1. The number of aryl methyl sites for hydroxylation is 1. The summed E-state index contributed by atoms with van der Waals surface area (Å²) in [4.78, 5) is 2.55. The molecule has 0 aromatic heterocycles. The average Bonchev–Trinajstić information content (AvgIpc) is 2.58. The highest BCUT2D eigenvalue weighted by Gasteiger charge is 2.29. The Labute approximate surface area is 118 Å². The maximum absolute atomic E-state index is 3.62. The molecule has 2 heteroatoms. The Bertz CT molecular complexity index is 393. The van der Waals surface area contributed by atoms with Crippen LogP contribution in [-0.2, 0) is 6.42 Å². The molecule has 2 rings (SSSR count). The number of anilines is 1. The Morgan fingerprint density at radius 3 is 2.63 bits per heavy atom. The van der Waals surface area contributed by atoms with Crippen LogP contribution < -0.4 is 5.32 Å². The van der Waals surface area contributed by atoms with Crippen LogP contribution in [0.3, 0.4) is 0 Å². The minimum absolute atomic E-state index is 0.327. The molecular weight excluding hydrogens is 232 g/mol. The standard InChI is InChI=1S/C17H28N2/c1-13(17(2,3)4)19(5)15-11-10-14-8-6-7-9-16(14)18-12-15/h6-9,13,15,18H,10-12H2,1-5H3. The zero-order valence-electron chi connectivity index (χ0n) is 13.0. The first-order valence-electron chi connectivity index (χ1n) is 7.43. The summed E-state index contributed by atoms with van der Waals surface area (Å²) in [6.45, 7) is 10.4. The van der Waals surface area contributed by atoms with Crippen LogP contribution in [-0.4, -0.2) is 30.6 Å². The zero-order chi connectivity index (χ0) is 14.0. The van der Waals surface area contributed by atoms with Gasteiger partial charge in [-0.2, -0.15) is 0 Å². The molecule has 106 valence electrons. The first kappa shape index (κ1) is 14.4. The van der Waals surface area contributed by atoms with Gasteiger partial charge < -0.3 is 5.32 Å². The van der Waals surface area contributed by atoms with Crippen LogP contribution in [0.4, 0.5) is 5.69 Å². The normalized spacial score (nSPS) is 21.5. The van der Waals surface area contributed by atoms with Gasteiger partial charge in [-0.25, -0.2) is 0 Å². The van der Waals surface area contributed by atoms with Crippen LogP contribution in [0.25, 0.3) is 0 Å². The van der Waals surface area contributed by atoms with Crippen molar-refractivity contribution in [1.82, 2.24) is 4.90 Å². The molecule has 2 unspecified atom stereocenters. The van der Waals surface area contributed by atoms with E-state index in [1.165, 1.54) is 24.1 Å². The maximum Gasteiger partial charge on any atom is 0.0373 e. The number of hydrogen-bond acceptors (Lipinski definition) is 2. The second kappa shape index (κ2) is 5.54. The lowest BCUT2D eigenvalue weighted by Crippen LogP contribution is -2.47. The van der Waals surface area contributed by atoms with Gasteiger partial charge in [-0.15, -0.1) is 0 Å². The molecule has 0 saturated heterocycles. The van der Waals surface area contributed by atoms with Crippen molar-refractivity contribution >= 4 is 5.69 Å². The monoisotopic (exact) mass is 260 g/mol. The largest absolute Gasteiger partial charge is 0.383 e. The summed E-state index contributed by atoms with van der Waals surface area (Å²) in [5, 5.41) is 3.62. The van der Waals surface area contributed by atoms with Crippen molar-refractivity contribution in [3.63, 3.8) is 0 Å². The number of hydrogen-bond donors (Lipinski definition) is 1. The third-order valence-corrected chi connectivity index (χ3v) is 4.73. The van der Waals surface area contributed by atoms with Crippen LogP contribution >= 0.6 is 0 Å². The van der Waals surface area contributed by atoms with Crippen LogP contribution in [0.1, 0.15) is 39.7 Å². The fourth-order valence-electron chi connectivity index (χ4n) is 2.84. The molecule has 1 aliphatic rings. The van der Waals surface area contributed by atoms with Crippen molar-refractivity contribution in [3.05, 3.63) is 29.8 Å². The third-order valence-electron chi connectivity index (χ3n) is 4.73. The number of fused-ring (bicyclic) bond motifs is 1. The molecule has 0 bridgehead atoms. The quantitative estimate of drug-likeness (QED) is 0.870. The highest BCUT2D eigenvalue weighted by molar-refractivity contribution is 5.52. The molecule has 0 amide bonds. The van der Waals surface area contributed by atoms with Gasteiger partial charge in [0.15, 0.2) is 0 Å². The highest BCUT2D eigenvalue weighted by Crippen LogP contribution is 2.28. The van der Waals surface area contributed by atoms with Crippen molar-refractivity contribution in [2.24, 2.45) is 5.41 Å². The SMILES string of the molecule is CC(N(C)C1CCc2ccccc2NC1)C(C)(C)C. The van der Waals surface area contributed by atoms with E-state index in [9.17, 15) is 0 Å². The fraction of sp³-hybridized carbons (Fsp3) is 0.647. The molecule has 0 saturated carbocycles. The summed E-state index contributed by atoms with van der Waals surface area (Å²) in [6.07, 6.45) is 2.41. The Kier molecular flexibility index (Phi) is 4.19. The number of rotatable bonds is 2. The lowest BCUT2D eigenvalue weighted by Gasteiger charge is -2.40. The topological polar surface area (TPSA) is 15.3 Å². The van der Waals surface area contributed by atoms with Crippen molar-refractivity contribution in [2.75, 3.05) is 18.9 Å². The smallest absolute Gasteiger partial charge is 0.0373 e. The number of para-hydroxylation sites is 1. The van der Waals surface area contributed by atoms with E-state index in [0.717, 1.165) is 6.54 Å². The summed E-state index contributed by atoms with van der Waals surface area (Å²) in [5.41, 5.74) is 3.11. The van der Waals surface area contributed by atoms with E-state index < -0.39 is 0 Å². The van der Waals surface area contributed by atoms with Crippen LogP contribution in [0.15, 0.2) is 24.3 Å². The molecule has 0 aliphatic carbocycles. The van der Waals surface area contributed by atoms with E-state index in [2.05, 4.69) is 69.2 Å². The van der Waals surface area contributed by atoms with Crippen LogP contribution in [0.5, 0.6) is 0 Å². The van der Waals surface area contributed by atoms with Gasteiger partial charge in [0.2, 0.25) is 0 Å². The first-order valence-corrected chi connectivity index (χ1v) is 7.43. The van der Waals surface area contributed by atoms with Crippen molar-refractivity contribution in [2.45, 2.75) is 52.6 Å². The number of nitrogens with zero attached hydrogens (tertiary/aromatic N) is 1. The molecule has 1 aromatic rings. The van der Waals surface area contributed by atoms with Gasteiger partial charge in [0.05, 0.1) is 0 Å². The fourth-order valence-corrected chi connectivity index (χ4v) is 2.84. The van der Waals surface area contributed by atoms with Crippen molar-refractivity contribution in [1.29, 1.82) is 0 Å². The van der Waals surface area contributed by atoms with Gasteiger partial charge >= 0.3 is 0 Å². The average molecular weight is 260 g/mol. The van der Waals surface area contributed by atoms with E-state index in [-0.39, 0.29) is 0 Å². The van der Waals surface area contributed by atoms with Gasteiger partial charge in [-0.1, -0.05) is 39.0 Å². The molecule has 0 spiro atoms. The Hall–Kier alpha value is -1.02. The predicted octanol–water partition coefficient (Wildman–Crippen LogP) is 3.78. The molecule has 1 aromatic carbocycles. The van der Waals surface area contributed by atoms with Crippen molar-refractivity contribution in [3.8, 4) is 0 Å². The molecule has 0 fully saturated rings. The molecule has 1 aliphatic heterocycles. The van der Waals surface area contributed by atoms with E-state index in [1.807, 2.05) is 0 Å². The maximum atomic E-state index is 3.62. The Morgan fingerprint density at radius 1 is 1.26 bits per heavy atom. The van der Waals surface area contributed by atoms with Crippen LogP contribution in [0, 0.1) is 5.41 Å². The van der Waals surface area contributed by atoms with E-state index in [4.69, 9.17) is 0 Å².